The summed E-state index contributed by atoms with van der Waals surface area (Å²) in [5.74, 6) is -1.08. The average molecular weight is 265 g/mol. The van der Waals surface area contributed by atoms with Crippen LogP contribution in [-0.4, -0.2) is 52.7 Å². The summed E-state index contributed by atoms with van der Waals surface area (Å²) in [4.78, 5) is 25.4. The molecule has 7 heteroatoms. The quantitative estimate of drug-likeness (QED) is 0.717. The lowest BCUT2D eigenvalue weighted by molar-refractivity contribution is -0.143. The van der Waals surface area contributed by atoms with Crippen molar-refractivity contribution in [1.82, 2.24) is 20.0 Å². The Morgan fingerprint density at radius 3 is 3.00 bits per heavy atom. The molecule has 1 aromatic rings. The highest BCUT2D eigenvalue weighted by atomic mass is 16.2. The maximum atomic E-state index is 12.0. The van der Waals surface area contributed by atoms with Gasteiger partial charge in [0, 0.05) is 32.4 Å². The molecule has 104 valence electrons. The Bertz CT molecular complexity index is 449. The highest BCUT2D eigenvalue weighted by Gasteiger charge is 2.22. The number of hydrogen-bond donors (Lipinski definition) is 2. The Labute approximate surface area is 111 Å². The highest BCUT2D eigenvalue weighted by molar-refractivity contribution is 6.39. The summed E-state index contributed by atoms with van der Waals surface area (Å²) in [6.45, 7) is 5.48. The third-order valence-corrected chi connectivity index (χ3v) is 3.04. The van der Waals surface area contributed by atoms with Gasteiger partial charge in [-0.05, 0) is 19.9 Å². The van der Waals surface area contributed by atoms with E-state index in [1.165, 1.54) is 0 Å². The van der Waals surface area contributed by atoms with Gasteiger partial charge in [0.2, 0.25) is 0 Å². The van der Waals surface area contributed by atoms with Gasteiger partial charge in [0.15, 0.2) is 0 Å². The minimum atomic E-state index is -0.599. The van der Waals surface area contributed by atoms with E-state index >= 15 is 0 Å². The molecular formula is C12H19N5O2. The van der Waals surface area contributed by atoms with E-state index in [1.54, 1.807) is 22.0 Å². The molecule has 0 saturated carbocycles. The van der Waals surface area contributed by atoms with Crippen LogP contribution in [0.1, 0.15) is 13.3 Å². The first-order valence-corrected chi connectivity index (χ1v) is 6.54. The third kappa shape index (κ3) is 3.54. The third-order valence-electron chi connectivity index (χ3n) is 3.04. The predicted molar refractivity (Wildman–Crippen MR) is 70.6 cm³/mol. The van der Waals surface area contributed by atoms with Crippen molar-refractivity contribution < 1.29 is 9.59 Å². The van der Waals surface area contributed by atoms with Gasteiger partial charge in [-0.1, -0.05) is 0 Å². The van der Waals surface area contributed by atoms with Crippen molar-refractivity contribution in [3.8, 4) is 0 Å². The second-order valence-corrected chi connectivity index (χ2v) is 4.43. The molecule has 0 atom stereocenters. The maximum Gasteiger partial charge on any atom is 0.313 e. The van der Waals surface area contributed by atoms with Crippen LogP contribution in [0.5, 0.6) is 0 Å². The second kappa shape index (κ2) is 6.33. The van der Waals surface area contributed by atoms with E-state index in [0.29, 0.717) is 18.8 Å². The van der Waals surface area contributed by atoms with Gasteiger partial charge in [-0.15, -0.1) is 0 Å². The fraction of sp³-hybridized carbons (Fsp3) is 0.583. The average Bonchev–Trinajstić information content (AvgIpc) is 2.70. The lowest BCUT2D eigenvalue weighted by Gasteiger charge is -2.18. The Balaban J connectivity index is 1.92. The van der Waals surface area contributed by atoms with Gasteiger partial charge in [-0.3, -0.25) is 14.3 Å². The number of nitrogens with zero attached hydrogens (tertiary/aromatic N) is 3. The Morgan fingerprint density at radius 2 is 2.26 bits per heavy atom. The molecule has 1 fully saturated rings. The Hall–Kier alpha value is -1.89. The van der Waals surface area contributed by atoms with Crippen molar-refractivity contribution in [3.63, 3.8) is 0 Å². The van der Waals surface area contributed by atoms with Crippen LogP contribution in [0, 0.1) is 0 Å². The van der Waals surface area contributed by atoms with Crippen molar-refractivity contribution in [2.45, 2.75) is 19.9 Å². The lowest BCUT2D eigenvalue weighted by atomic mass is 10.3. The molecule has 7 nitrogen and oxygen atoms in total. The number of carbonyl (C=O) groups excluding carboxylic acids is 2. The van der Waals surface area contributed by atoms with Crippen molar-refractivity contribution in [1.29, 1.82) is 0 Å². The summed E-state index contributed by atoms with van der Waals surface area (Å²) in [7, 11) is 0. The first-order valence-electron chi connectivity index (χ1n) is 6.54. The number of aromatic nitrogens is 2. The molecule has 19 heavy (non-hydrogen) atoms. The zero-order valence-electron chi connectivity index (χ0n) is 11.1. The summed E-state index contributed by atoms with van der Waals surface area (Å²) in [6.07, 6.45) is 4.11. The maximum absolute atomic E-state index is 12.0. The molecule has 1 saturated heterocycles. The van der Waals surface area contributed by atoms with Gasteiger partial charge in [0.1, 0.15) is 0 Å². The molecule has 1 aliphatic rings. The van der Waals surface area contributed by atoms with Gasteiger partial charge in [0.25, 0.3) is 0 Å². The van der Waals surface area contributed by atoms with E-state index < -0.39 is 11.8 Å². The number of aryl methyl sites for hydroxylation is 1. The van der Waals surface area contributed by atoms with Gasteiger partial charge >= 0.3 is 11.8 Å². The van der Waals surface area contributed by atoms with Crippen LogP contribution in [0.4, 0.5) is 5.69 Å². The normalized spacial score (nSPS) is 15.9. The molecule has 2 heterocycles. The van der Waals surface area contributed by atoms with E-state index in [-0.39, 0.29) is 0 Å². The van der Waals surface area contributed by atoms with Crippen LogP contribution in [-0.2, 0) is 16.1 Å². The number of rotatable bonds is 2. The Kier molecular flexibility index (Phi) is 4.51. The number of nitrogens with one attached hydrogen (secondary N) is 2. The van der Waals surface area contributed by atoms with E-state index in [4.69, 9.17) is 0 Å². The monoisotopic (exact) mass is 265 g/mol. The van der Waals surface area contributed by atoms with E-state index in [1.807, 2.05) is 6.92 Å². The van der Waals surface area contributed by atoms with Gasteiger partial charge in [0.05, 0.1) is 11.9 Å². The SMILES string of the molecule is CCn1cc(NC(=O)C(=O)N2CCCNCC2)cn1. The number of anilines is 1. The molecule has 2 rings (SSSR count). The summed E-state index contributed by atoms with van der Waals surface area (Å²) in [6, 6.07) is 0. The summed E-state index contributed by atoms with van der Waals surface area (Å²) < 4.78 is 1.69. The van der Waals surface area contributed by atoms with Crippen molar-refractivity contribution >= 4 is 17.5 Å². The van der Waals surface area contributed by atoms with E-state index in [0.717, 1.165) is 26.1 Å². The lowest BCUT2D eigenvalue weighted by Crippen LogP contribution is -2.41. The van der Waals surface area contributed by atoms with E-state index in [9.17, 15) is 9.59 Å². The topological polar surface area (TPSA) is 79.3 Å². The smallest absolute Gasteiger partial charge is 0.313 e. The summed E-state index contributed by atoms with van der Waals surface area (Å²) in [5.41, 5.74) is 0.549. The van der Waals surface area contributed by atoms with Crippen molar-refractivity contribution in [2.24, 2.45) is 0 Å². The van der Waals surface area contributed by atoms with Gasteiger partial charge in [-0.2, -0.15) is 5.10 Å². The molecule has 0 aliphatic carbocycles. The number of amides is 2. The van der Waals surface area contributed by atoms with Gasteiger partial charge < -0.3 is 15.5 Å². The highest BCUT2D eigenvalue weighted by Crippen LogP contribution is 2.05. The first kappa shape index (κ1) is 13.5. The summed E-state index contributed by atoms with van der Waals surface area (Å²) in [5, 5.41) is 9.81. The fourth-order valence-electron chi connectivity index (χ4n) is 1.98. The van der Waals surface area contributed by atoms with Crippen molar-refractivity contribution in [3.05, 3.63) is 12.4 Å². The molecule has 2 N–H and O–H groups in total. The largest absolute Gasteiger partial charge is 0.333 e. The van der Waals surface area contributed by atoms with Crippen LogP contribution in [0.3, 0.4) is 0 Å². The van der Waals surface area contributed by atoms with Crippen LogP contribution in [0.15, 0.2) is 12.4 Å². The molecular weight excluding hydrogens is 246 g/mol. The molecule has 1 aromatic heterocycles. The molecule has 0 aromatic carbocycles. The van der Waals surface area contributed by atoms with Crippen LogP contribution < -0.4 is 10.6 Å². The molecule has 0 spiro atoms. The standard InChI is InChI=1S/C12H19N5O2/c1-2-17-9-10(8-14-17)15-11(18)12(19)16-6-3-4-13-5-7-16/h8-9,13H,2-7H2,1H3,(H,15,18). The molecule has 1 aliphatic heterocycles. The van der Waals surface area contributed by atoms with Crippen LogP contribution >= 0.6 is 0 Å². The molecule has 0 unspecified atom stereocenters. The van der Waals surface area contributed by atoms with Gasteiger partial charge in [-0.25, -0.2) is 0 Å². The molecule has 2 amide bonds. The van der Waals surface area contributed by atoms with Crippen LogP contribution in [0.25, 0.3) is 0 Å². The summed E-state index contributed by atoms with van der Waals surface area (Å²) >= 11 is 0. The minimum absolute atomic E-state index is 0.479. The molecule has 0 bridgehead atoms. The Morgan fingerprint density at radius 1 is 1.42 bits per heavy atom. The number of hydrogen-bond acceptors (Lipinski definition) is 4. The molecule has 0 radical (unpaired) electrons. The fourth-order valence-corrected chi connectivity index (χ4v) is 1.98. The zero-order chi connectivity index (χ0) is 13.7. The van der Waals surface area contributed by atoms with Crippen molar-refractivity contribution in [2.75, 3.05) is 31.5 Å². The van der Waals surface area contributed by atoms with E-state index in [2.05, 4.69) is 15.7 Å². The number of carbonyl (C=O) groups is 2. The first-order chi connectivity index (χ1) is 9.20. The minimum Gasteiger partial charge on any atom is -0.333 e. The van der Waals surface area contributed by atoms with Crippen LogP contribution in [0.2, 0.25) is 0 Å². The second-order valence-electron chi connectivity index (χ2n) is 4.43. The predicted octanol–water partition coefficient (Wildman–Crippen LogP) is -0.337. The zero-order valence-corrected chi connectivity index (χ0v) is 11.1.